The van der Waals surface area contributed by atoms with E-state index < -0.39 is 0 Å². The van der Waals surface area contributed by atoms with Gasteiger partial charge in [-0.05, 0) is 40.9 Å². The Balaban J connectivity index is 3.35. The fourth-order valence-corrected chi connectivity index (χ4v) is 1.92. The number of aromatic nitrogens is 1. The van der Waals surface area contributed by atoms with Crippen LogP contribution in [0.3, 0.4) is 0 Å². The van der Waals surface area contributed by atoms with Crippen LogP contribution in [0, 0.1) is 0 Å². The van der Waals surface area contributed by atoms with Gasteiger partial charge in [0.25, 0.3) is 0 Å². The van der Waals surface area contributed by atoms with Crippen LogP contribution >= 0.6 is 15.9 Å². The van der Waals surface area contributed by atoms with Gasteiger partial charge in [-0.2, -0.15) is 0 Å². The van der Waals surface area contributed by atoms with E-state index in [-0.39, 0.29) is 0 Å². The van der Waals surface area contributed by atoms with E-state index >= 15 is 0 Å². The molecule has 1 aromatic heterocycles. The molecule has 0 amide bonds. The highest BCUT2D eigenvalue weighted by molar-refractivity contribution is 9.10. The number of hydrogen-bond acceptors (Lipinski definition) is 1. The van der Waals surface area contributed by atoms with Crippen LogP contribution in [-0.4, -0.2) is 4.98 Å². The van der Waals surface area contributed by atoms with Gasteiger partial charge in [0, 0.05) is 28.0 Å². The van der Waals surface area contributed by atoms with Crippen LogP contribution < -0.4 is 0 Å². The van der Waals surface area contributed by atoms with Gasteiger partial charge >= 0.3 is 0 Å². The molecule has 1 heterocycles. The molecule has 0 radical (unpaired) electrons. The standard InChI is InChI=1S/C11H12BrN/c1-7(2)9-5-13-6-10(8(3)4)11(9)12/h5-6H,1,3H2,2,4H3. The topological polar surface area (TPSA) is 12.9 Å². The van der Waals surface area contributed by atoms with Crippen LogP contribution in [0.15, 0.2) is 30.0 Å². The zero-order valence-electron chi connectivity index (χ0n) is 7.89. The van der Waals surface area contributed by atoms with Crippen molar-refractivity contribution in [1.29, 1.82) is 0 Å². The van der Waals surface area contributed by atoms with Crippen molar-refractivity contribution >= 4 is 27.1 Å². The summed E-state index contributed by atoms with van der Waals surface area (Å²) in [7, 11) is 0. The van der Waals surface area contributed by atoms with Gasteiger partial charge in [0.1, 0.15) is 0 Å². The van der Waals surface area contributed by atoms with Crippen LogP contribution in [0.25, 0.3) is 11.1 Å². The minimum atomic E-state index is 1.00. The predicted octanol–water partition coefficient (Wildman–Crippen LogP) is 3.91. The van der Waals surface area contributed by atoms with Crippen molar-refractivity contribution in [3.8, 4) is 0 Å². The highest BCUT2D eigenvalue weighted by Crippen LogP contribution is 2.29. The molecule has 1 nitrogen and oxygen atoms in total. The van der Waals surface area contributed by atoms with Crippen LogP contribution in [-0.2, 0) is 0 Å². The molecule has 0 atom stereocenters. The van der Waals surface area contributed by atoms with Crippen molar-refractivity contribution in [2.24, 2.45) is 0 Å². The molecule has 0 aliphatic heterocycles. The third-order valence-electron chi connectivity index (χ3n) is 1.80. The van der Waals surface area contributed by atoms with E-state index in [2.05, 4.69) is 34.1 Å². The number of rotatable bonds is 2. The third-order valence-corrected chi connectivity index (χ3v) is 2.65. The molecule has 0 aliphatic rings. The lowest BCUT2D eigenvalue weighted by atomic mass is 10.1. The first-order valence-corrected chi connectivity index (χ1v) is 4.78. The molecule has 0 aliphatic carbocycles. The molecule has 0 saturated heterocycles. The lowest BCUT2D eigenvalue weighted by Crippen LogP contribution is -1.89. The molecule has 1 aromatic rings. The lowest BCUT2D eigenvalue weighted by Gasteiger charge is -2.08. The molecule has 2 heteroatoms. The number of allylic oxidation sites excluding steroid dienone is 2. The van der Waals surface area contributed by atoms with Crippen LogP contribution in [0.2, 0.25) is 0 Å². The summed E-state index contributed by atoms with van der Waals surface area (Å²) in [6, 6.07) is 0. The van der Waals surface area contributed by atoms with Gasteiger partial charge in [0.15, 0.2) is 0 Å². The number of halogens is 1. The maximum atomic E-state index is 4.14. The van der Waals surface area contributed by atoms with Crippen molar-refractivity contribution in [3.63, 3.8) is 0 Å². The predicted molar refractivity (Wildman–Crippen MR) is 61.4 cm³/mol. The van der Waals surface area contributed by atoms with Gasteiger partial charge < -0.3 is 0 Å². The van der Waals surface area contributed by atoms with E-state index in [9.17, 15) is 0 Å². The Labute approximate surface area is 87.3 Å². The minimum Gasteiger partial charge on any atom is -0.263 e. The number of nitrogens with zero attached hydrogens (tertiary/aromatic N) is 1. The summed E-state index contributed by atoms with van der Waals surface area (Å²) < 4.78 is 1.03. The first-order valence-electron chi connectivity index (χ1n) is 3.99. The number of pyridine rings is 1. The average Bonchev–Trinajstić information content (AvgIpc) is 2.03. The summed E-state index contributed by atoms with van der Waals surface area (Å²) in [5.41, 5.74) is 4.09. The SMILES string of the molecule is C=C(C)c1cncc(C(=C)C)c1Br. The van der Waals surface area contributed by atoms with Gasteiger partial charge in [-0.25, -0.2) is 0 Å². The van der Waals surface area contributed by atoms with E-state index in [0.29, 0.717) is 0 Å². The first kappa shape index (κ1) is 10.2. The van der Waals surface area contributed by atoms with Crippen molar-refractivity contribution in [2.75, 3.05) is 0 Å². The van der Waals surface area contributed by atoms with E-state index in [0.717, 1.165) is 26.7 Å². The van der Waals surface area contributed by atoms with Crippen LogP contribution in [0.4, 0.5) is 0 Å². The first-order chi connectivity index (χ1) is 6.04. The Bertz CT molecular complexity index is 334. The second-order valence-electron chi connectivity index (χ2n) is 3.11. The molecule has 13 heavy (non-hydrogen) atoms. The quantitative estimate of drug-likeness (QED) is 0.761. The Hall–Kier alpha value is -0.890. The largest absolute Gasteiger partial charge is 0.263 e. The van der Waals surface area contributed by atoms with Crippen molar-refractivity contribution in [2.45, 2.75) is 13.8 Å². The van der Waals surface area contributed by atoms with E-state index in [1.807, 2.05) is 13.8 Å². The maximum Gasteiger partial charge on any atom is 0.0355 e. The minimum absolute atomic E-state index is 1.00. The second-order valence-corrected chi connectivity index (χ2v) is 3.90. The van der Waals surface area contributed by atoms with Gasteiger partial charge in [0.2, 0.25) is 0 Å². The highest BCUT2D eigenvalue weighted by Gasteiger charge is 2.06. The molecule has 0 bridgehead atoms. The molecule has 0 N–H and O–H groups in total. The zero-order valence-corrected chi connectivity index (χ0v) is 9.48. The number of hydrogen-bond donors (Lipinski definition) is 0. The summed E-state index contributed by atoms with van der Waals surface area (Å²) in [6.45, 7) is 11.7. The average molecular weight is 238 g/mol. The molecule has 0 unspecified atom stereocenters. The summed E-state index contributed by atoms with van der Waals surface area (Å²) in [6.07, 6.45) is 3.61. The third kappa shape index (κ3) is 2.07. The fourth-order valence-electron chi connectivity index (χ4n) is 1.04. The Morgan fingerprint density at radius 3 is 1.85 bits per heavy atom. The summed E-state index contributed by atoms with van der Waals surface area (Å²) in [4.78, 5) is 4.14. The van der Waals surface area contributed by atoms with Gasteiger partial charge in [-0.3, -0.25) is 4.98 Å². The molecule has 68 valence electrons. The molecule has 1 rings (SSSR count). The normalized spacial score (nSPS) is 9.77. The van der Waals surface area contributed by atoms with E-state index in [1.54, 1.807) is 12.4 Å². The molecular formula is C11H12BrN. The summed E-state index contributed by atoms with van der Waals surface area (Å²) in [5.74, 6) is 0. The fraction of sp³-hybridized carbons (Fsp3) is 0.182. The Morgan fingerprint density at radius 1 is 1.15 bits per heavy atom. The Kier molecular flexibility index (Phi) is 3.04. The molecule has 0 fully saturated rings. The lowest BCUT2D eigenvalue weighted by molar-refractivity contribution is 1.26. The molecule has 0 spiro atoms. The maximum absolute atomic E-state index is 4.14. The summed E-state index contributed by atoms with van der Waals surface area (Å²) >= 11 is 3.52. The van der Waals surface area contributed by atoms with Gasteiger partial charge in [0.05, 0.1) is 0 Å². The monoisotopic (exact) mass is 237 g/mol. The van der Waals surface area contributed by atoms with Crippen molar-refractivity contribution < 1.29 is 0 Å². The smallest absolute Gasteiger partial charge is 0.0355 e. The molecule has 0 saturated carbocycles. The van der Waals surface area contributed by atoms with Crippen LogP contribution in [0.1, 0.15) is 25.0 Å². The van der Waals surface area contributed by atoms with Crippen LogP contribution in [0.5, 0.6) is 0 Å². The zero-order chi connectivity index (χ0) is 10.0. The van der Waals surface area contributed by atoms with Crippen molar-refractivity contribution in [1.82, 2.24) is 4.98 Å². The molecular weight excluding hydrogens is 226 g/mol. The van der Waals surface area contributed by atoms with E-state index in [4.69, 9.17) is 0 Å². The second kappa shape index (κ2) is 3.88. The van der Waals surface area contributed by atoms with Gasteiger partial charge in [-0.1, -0.05) is 13.2 Å². The van der Waals surface area contributed by atoms with E-state index in [1.165, 1.54) is 0 Å². The Morgan fingerprint density at radius 2 is 1.54 bits per heavy atom. The highest BCUT2D eigenvalue weighted by atomic mass is 79.9. The summed E-state index contributed by atoms with van der Waals surface area (Å²) in [5, 5.41) is 0. The van der Waals surface area contributed by atoms with Crippen molar-refractivity contribution in [3.05, 3.63) is 41.2 Å². The van der Waals surface area contributed by atoms with Gasteiger partial charge in [-0.15, -0.1) is 0 Å². The molecule has 0 aromatic carbocycles.